The number of ether oxygens (including phenoxy) is 2. The molecule has 0 unspecified atom stereocenters. The van der Waals surface area contributed by atoms with Crippen LogP contribution >= 0.6 is 0 Å². The first-order chi connectivity index (χ1) is 13.8. The lowest BCUT2D eigenvalue weighted by atomic mass is 9.87. The number of amides is 1. The lowest BCUT2D eigenvalue weighted by molar-refractivity contribution is -0.138. The molecule has 5 heteroatoms. The Balaban J connectivity index is 1.56. The van der Waals surface area contributed by atoms with E-state index in [4.69, 9.17) is 9.47 Å². The second-order valence-corrected chi connectivity index (χ2v) is 8.52. The molecule has 1 amide bonds. The van der Waals surface area contributed by atoms with Gasteiger partial charge in [0.05, 0.1) is 12.8 Å². The molecule has 2 aromatic rings. The van der Waals surface area contributed by atoms with Crippen molar-refractivity contribution in [3.63, 3.8) is 0 Å². The van der Waals surface area contributed by atoms with Gasteiger partial charge in [-0.1, -0.05) is 45.0 Å². The van der Waals surface area contributed by atoms with Crippen molar-refractivity contribution < 1.29 is 14.3 Å². The maximum Gasteiger partial charge on any atom is 0.263 e. The normalized spacial score (nSPS) is 15.8. The molecule has 0 aromatic heterocycles. The molecule has 1 fully saturated rings. The minimum Gasteiger partial charge on any atom is -0.495 e. The third-order valence-corrected chi connectivity index (χ3v) is 5.40. The number of para-hydroxylation sites is 2. The molecule has 1 aliphatic rings. The van der Waals surface area contributed by atoms with Crippen molar-refractivity contribution >= 4 is 11.6 Å². The molecular formula is C24H32N2O3. The minimum absolute atomic E-state index is 0.0320. The first-order valence-electron chi connectivity index (χ1n) is 10.2. The summed E-state index contributed by atoms with van der Waals surface area (Å²) in [5.74, 6) is 1.62. The van der Waals surface area contributed by atoms with Gasteiger partial charge < -0.3 is 19.3 Å². The highest BCUT2D eigenvalue weighted by atomic mass is 16.5. The molecule has 29 heavy (non-hydrogen) atoms. The molecule has 0 aliphatic carbocycles. The summed E-state index contributed by atoms with van der Waals surface area (Å²) in [5, 5.41) is 0. The van der Waals surface area contributed by atoms with Gasteiger partial charge in [0.2, 0.25) is 0 Å². The van der Waals surface area contributed by atoms with Gasteiger partial charge in [-0.15, -0.1) is 0 Å². The van der Waals surface area contributed by atoms with Gasteiger partial charge in [0.25, 0.3) is 5.91 Å². The number of methoxy groups -OCH3 is 1. The van der Waals surface area contributed by atoms with Gasteiger partial charge in [-0.2, -0.15) is 0 Å². The number of nitrogens with zero attached hydrogens (tertiary/aromatic N) is 2. The van der Waals surface area contributed by atoms with Crippen molar-refractivity contribution in [3.8, 4) is 11.5 Å². The summed E-state index contributed by atoms with van der Waals surface area (Å²) < 4.78 is 11.4. The number of hydrogen-bond donors (Lipinski definition) is 0. The molecule has 2 aromatic carbocycles. The summed E-state index contributed by atoms with van der Waals surface area (Å²) in [7, 11) is 1.69. The quantitative estimate of drug-likeness (QED) is 0.763. The highest BCUT2D eigenvalue weighted by molar-refractivity contribution is 5.81. The van der Waals surface area contributed by atoms with Crippen molar-refractivity contribution in [2.24, 2.45) is 0 Å². The lowest BCUT2D eigenvalue weighted by Gasteiger charge is -2.37. The van der Waals surface area contributed by atoms with Crippen molar-refractivity contribution in [1.82, 2.24) is 4.90 Å². The molecule has 1 saturated heterocycles. The molecule has 0 N–H and O–H groups in total. The molecule has 1 aliphatic heterocycles. The zero-order valence-corrected chi connectivity index (χ0v) is 18.1. The highest BCUT2D eigenvalue weighted by Crippen LogP contribution is 2.29. The van der Waals surface area contributed by atoms with E-state index in [1.807, 2.05) is 42.2 Å². The average Bonchev–Trinajstić information content (AvgIpc) is 2.73. The van der Waals surface area contributed by atoms with Crippen LogP contribution in [0.15, 0.2) is 48.5 Å². The zero-order valence-electron chi connectivity index (χ0n) is 18.1. The monoisotopic (exact) mass is 396 g/mol. The van der Waals surface area contributed by atoms with Crippen LogP contribution in [0.2, 0.25) is 0 Å². The number of carbonyl (C=O) groups is 1. The fourth-order valence-electron chi connectivity index (χ4n) is 3.60. The van der Waals surface area contributed by atoms with Gasteiger partial charge in [-0.25, -0.2) is 0 Å². The van der Waals surface area contributed by atoms with E-state index in [1.165, 1.54) is 5.56 Å². The molecule has 0 spiro atoms. The second kappa shape index (κ2) is 8.76. The SMILES string of the molecule is COc1ccccc1N1CCN(C(=O)[C@@H](C)Oc2ccc(C(C)(C)C)cc2)CC1. The predicted molar refractivity (Wildman–Crippen MR) is 117 cm³/mol. The van der Waals surface area contributed by atoms with E-state index in [-0.39, 0.29) is 11.3 Å². The van der Waals surface area contributed by atoms with Crippen molar-refractivity contribution in [2.45, 2.75) is 39.2 Å². The number of carbonyl (C=O) groups excluding carboxylic acids is 1. The van der Waals surface area contributed by atoms with E-state index in [2.05, 4.69) is 43.9 Å². The van der Waals surface area contributed by atoms with Crippen LogP contribution in [0.25, 0.3) is 0 Å². The van der Waals surface area contributed by atoms with Crippen LogP contribution in [-0.2, 0) is 10.2 Å². The van der Waals surface area contributed by atoms with Gasteiger partial charge in [0, 0.05) is 26.2 Å². The van der Waals surface area contributed by atoms with E-state index >= 15 is 0 Å². The fourth-order valence-corrected chi connectivity index (χ4v) is 3.60. The Hall–Kier alpha value is -2.69. The topological polar surface area (TPSA) is 42.0 Å². The summed E-state index contributed by atoms with van der Waals surface area (Å²) >= 11 is 0. The van der Waals surface area contributed by atoms with Crippen LogP contribution in [-0.4, -0.2) is 50.2 Å². The molecule has 3 rings (SSSR count). The number of rotatable bonds is 5. The number of benzene rings is 2. The molecule has 1 heterocycles. The van der Waals surface area contributed by atoms with E-state index in [9.17, 15) is 4.79 Å². The molecule has 5 nitrogen and oxygen atoms in total. The molecule has 1 atom stereocenters. The molecule has 0 radical (unpaired) electrons. The van der Waals surface area contributed by atoms with E-state index in [0.717, 1.165) is 30.3 Å². The van der Waals surface area contributed by atoms with Crippen molar-refractivity contribution in [3.05, 3.63) is 54.1 Å². The third-order valence-electron chi connectivity index (χ3n) is 5.40. The van der Waals surface area contributed by atoms with Gasteiger partial charge in [0.15, 0.2) is 6.10 Å². The summed E-state index contributed by atoms with van der Waals surface area (Å²) in [6.07, 6.45) is -0.506. The summed E-state index contributed by atoms with van der Waals surface area (Å²) in [6, 6.07) is 16.0. The van der Waals surface area contributed by atoms with Crippen LogP contribution in [0.3, 0.4) is 0 Å². The van der Waals surface area contributed by atoms with Crippen molar-refractivity contribution in [2.75, 3.05) is 38.2 Å². The van der Waals surface area contributed by atoms with E-state index < -0.39 is 6.10 Å². The molecule has 0 saturated carbocycles. The summed E-state index contributed by atoms with van der Waals surface area (Å²) in [6.45, 7) is 11.3. The van der Waals surface area contributed by atoms with Gasteiger partial charge >= 0.3 is 0 Å². The lowest BCUT2D eigenvalue weighted by Crippen LogP contribution is -2.52. The molecular weight excluding hydrogens is 364 g/mol. The summed E-state index contributed by atoms with van der Waals surface area (Å²) in [4.78, 5) is 17.0. The van der Waals surface area contributed by atoms with Crippen molar-refractivity contribution in [1.29, 1.82) is 0 Å². The number of hydrogen-bond acceptors (Lipinski definition) is 4. The molecule has 0 bridgehead atoms. The fraction of sp³-hybridized carbons (Fsp3) is 0.458. The Morgan fingerprint density at radius 3 is 2.17 bits per heavy atom. The van der Waals surface area contributed by atoms with Gasteiger partial charge in [-0.05, 0) is 42.2 Å². The molecule has 156 valence electrons. The van der Waals surface area contributed by atoms with E-state index in [1.54, 1.807) is 7.11 Å². The Kier molecular flexibility index (Phi) is 6.36. The maximum absolute atomic E-state index is 12.9. The van der Waals surface area contributed by atoms with Crippen LogP contribution in [0.1, 0.15) is 33.3 Å². The Morgan fingerprint density at radius 1 is 0.966 bits per heavy atom. The number of piperazine rings is 1. The highest BCUT2D eigenvalue weighted by Gasteiger charge is 2.27. The van der Waals surface area contributed by atoms with Crippen LogP contribution in [0, 0.1) is 0 Å². The standard InChI is InChI=1S/C24H32N2O3/c1-18(29-20-12-10-19(11-13-20)24(2,3)4)23(27)26-16-14-25(15-17-26)21-8-6-7-9-22(21)28-5/h6-13,18H,14-17H2,1-5H3/t18-/m1/s1. The smallest absolute Gasteiger partial charge is 0.263 e. The average molecular weight is 397 g/mol. The maximum atomic E-state index is 12.9. The van der Waals surface area contributed by atoms with Gasteiger partial charge in [-0.3, -0.25) is 4.79 Å². The first kappa shape index (κ1) is 21.0. The second-order valence-electron chi connectivity index (χ2n) is 8.52. The van der Waals surface area contributed by atoms with E-state index in [0.29, 0.717) is 13.1 Å². The predicted octanol–water partition coefficient (Wildman–Crippen LogP) is 4.11. The Labute approximate surface area is 174 Å². The zero-order chi connectivity index (χ0) is 21.0. The Morgan fingerprint density at radius 2 is 1.59 bits per heavy atom. The van der Waals surface area contributed by atoms with Gasteiger partial charge in [0.1, 0.15) is 11.5 Å². The minimum atomic E-state index is -0.506. The van der Waals surface area contributed by atoms with Crippen LogP contribution in [0.5, 0.6) is 11.5 Å². The summed E-state index contributed by atoms with van der Waals surface area (Å²) in [5.41, 5.74) is 2.42. The Bertz CT molecular complexity index is 819. The first-order valence-corrected chi connectivity index (χ1v) is 10.2. The van der Waals surface area contributed by atoms with Crippen LogP contribution < -0.4 is 14.4 Å². The van der Waals surface area contributed by atoms with Crippen LogP contribution in [0.4, 0.5) is 5.69 Å². The largest absolute Gasteiger partial charge is 0.495 e. The third kappa shape index (κ3) is 5.03. The number of anilines is 1.